The highest BCUT2D eigenvalue weighted by Crippen LogP contribution is 2.32. The number of hydrogen-bond donors (Lipinski definition) is 1. The van der Waals surface area contributed by atoms with E-state index in [9.17, 15) is 26.4 Å². The van der Waals surface area contributed by atoms with Gasteiger partial charge in [0.1, 0.15) is 5.75 Å². The predicted octanol–water partition coefficient (Wildman–Crippen LogP) is 3.77. The quantitative estimate of drug-likeness (QED) is 0.602. The summed E-state index contributed by atoms with van der Waals surface area (Å²) in [6, 6.07) is 8.78. The first-order valence-electron chi connectivity index (χ1n) is 10.5. The zero-order valence-corrected chi connectivity index (χ0v) is 20.2. The third-order valence-corrected chi connectivity index (χ3v) is 7.08. The van der Waals surface area contributed by atoms with E-state index in [1.807, 2.05) is 0 Å². The molecule has 1 heterocycles. The highest BCUT2D eigenvalue weighted by atomic mass is 35.5. The number of piperazine rings is 1. The number of carbonyl (C=O) groups is 1. The number of hydrogen-bond acceptors (Lipinski definition) is 5. The zero-order valence-electron chi connectivity index (χ0n) is 18.6. The number of alkyl halides is 3. The Labute approximate surface area is 201 Å². The van der Waals surface area contributed by atoms with Crippen LogP contribution < -0.4 is 14.4 Å². The summed E-state index contributed by atoms with van der Waals surface area (Å²) in [6.45, 7) is 4.49. The molecule has 0 unspecified atom stereocenters. The fraction of sp³-hybridized carbons (Fsp3) is 0.409. The van der Waals surface area contributed by atoms with E-state index in [1.54, 1.807) is 29.7 Å². The molecule has 7 nitrogen and oxygen atoms in total. The number of anilines is 1. The second-order valence-electron chi connectivity index (χ2n) is 8.07. The van der Waals surface area contributed by atoms with Crippen molar-refractivity contribution in [2.75, 3.05) is 37.7 Å². The molecular weight excluding hydrogens is 495 g/mol. The van der Waals surface area contributed by atoms with Crippen LogP contribution in [0.25, 0.3) is 0 Å². The van der Waals surface area contributed by atoms with E-state index >= 15 is 0 Å². The Hall–Kier alpha value is -2.50. The molecule has 0 aliphatic carbocycles. The average molecular weight is 520 g/mol. The number of ether oxygens (including phenoxy) is 1. The largest absolute Gasteiger partial charge is 0.482 e. The monoisotopic (exact) mass is 519 g/mol. The van der Waals surface area contributed by atoms with Gasteiger partial charge in [0.05, 0.1) is 15.5 Å². The Morgan fingerprint density at radius 2 is 1.79 bits per heavy atom. The van der Waals surface area contributed by atoms with Crippen LogP contribution >= 0.6 is 11.6 Å². The molecule has 0 bridgehead atoms. The normalized spacial score (nSPS) is 15.0. The van der Waals surface area contributed by atoms with E-state index in [0.717, 1.165) is 12.1 Å². The SMILES string of the molecule is CC(C)NS(=O)(=O)c1ccc(OCC(=O)N2CCN(c3cccc(C(F)(F)F)c3)CC2)c(Cl)c1. The molecule has 1 aliphatic heterocycles. The molecule has 0 radical (unpaired) electrons. The van der Waals surface area contributed by atoms with Crippen molar-refractivity contribution >= 4 is 33.2 Å². The molecular formula is C22H25ClF3N3O4S. The van der Waals surface area contributed by atoms with Crippen LogP contribution in [0.5, 0.6) is 5.75 Å². The summed E-state index contributed by atoms with van der Waals surface area (Å²) in [6.07, 6.45) is -4.42. The number of benzene rings is 2. The Morgan fingerprint density at radius 3 is 2.38 bits per heavy atom. The number of nitrogens with zero attached hydrogens (tertiary/aromatic N) is 2. The van der Waals surface area contributed by atoms with Crippen LogP contribution in [0.1, 0.15) is 19.4 Å². The average Bonchev–Trinajstić information content (AvgIpc) is 2.77. The van der Waals surface area contributed by atoms with E-state index in [-0.39, 0.29) is 34.2 Å². The van der Waals surface area contributed by atoms with Crippen LogP contribution in [0.3, 0.4) is 0 Å². The summed E-state index contributed by atoms with van der Waals surface area (Å²) >= 11 is 6.14. The van der Waals surface area contributed by atoms with Gasteiger partial charge in [0.25, 0.3) is 5.91 Å². The van der Waals surface area contributed by atoms with E-state index < -0.39 is 21.8 Å². The van der Waals surface area contributed by atoms with Gasteiger partial charge in [0.2, 0.25) is 10.0 Å². The molecule has 2 aromatic rings. The lowest BCUT2D eigenvalue weighted by atomic mass is 10.1. The zero-order chi connectivity index (χ0) is 25.1. The number of nitrogens with one attached hydrogen (secondary N) is 1. The van der Waals surface area contributed by atoms with Gasteiger partial charge in [-0.25, -0.2) is 13.1 Å². The molecule has 186 valence electrons. The Bertz CT molecular complexity index is 1130. The smallest absolute Gasteiger partial charge is 0.416 e. The Morgan fingerprint density at radius 1 is 1.12 bits per heavy atom. The van der Waals surface area contributed by atoms with Crippen molar-refractivity contribution in [3.05, 3.63) is 53.1 Å². The molecule has 0 atom stereocenters. The van der Waals surface area contributed by atoms with Gasteiger partial charge in [-0.15, -0.1) is 0 Å². The van der Waals surface area contributed by atoms with Crippen molar-refractivity contribution in [3.63, 3.8) is 0 Å². The standard InChI is InChI=1S/C22H25ClF3N3O4S/c1-15(2)27-34(31,32)18-6-7-20(19(23)13-18)33-14-21(30)29-10-8-28(9-11-29)17-5-3-4-16(12-17)22(24,25)26/h3-7,12-13,15,27H,8-11,14H2,1-2H3. The Kier molecular flexibility index (Phi) is 7.99. The van der Waals surface area contributed by atoms with Gasteiger partial charge < -0.3 is 14.5 Å². The summed E-state index contributed by atoms with van der Waals surface area (Å²) < 4.78 is 71.3. The maximum absolute atomic E-state index is 13.0. The van der Waals surface area contributed by atoms with Crippen LogP contribution in [0.15, 0.2) is 47.4 Å². The molecule has 1 saturated heterocycles. The van der Waals surface area contributed by atoms with Crippen molar-refractivity contribution in [1.82, 2.24) is 9.62 Å². The fourth-order valence-corrected chi connectivity index (χ4v) is 5.04. The van der Waals surface area contributed by atoms with Crippen LogP contribution in [-0.2, 0) is 21.0 Å². The summed E-state index contributed by atoms with van der Waals surface area (Å²) in [7, 11) is -3.72. The minimum Gasteiger partial charge on any atom is -0.482 e. The van der Waals surface area contributed by atoms with Crippen LogP contribution in [0.2, 0.25) is 5.02 Å². The number of sulfonamides is 1. The molecule has 0 saturated carbocycles. The molecule has 2 aromatic carbocycles. The predicted molar refractivity (Wildman–Crippen MR) is 123 cm³/mol. The van der Waals surface area contributed by atoms with Gasteiger partial charge >= 0.3 is 6.18 Å². The van der Waals surface area contributed by atoms with Crippen molar-refractivity contribution in [2.24, 2.45) is 0 Å². The second kappa shape index (κ2) is 10.4. The molecule has 0 spiro atoms. The fourth-order valence-electron chi connectivity index (χ4n) is 3.47. The third-order valence-electron chi connectivity index (χ3n) is 5.13. The van der Waals surface area contributed by atoms with E-state index in [1.165, 1.54) is 24.3 Å². The summed E-state index contributed by atoms with van der Waals surface area (Å²) in [4.78, 5) is 15.9. The summed E-state index contributed by atoms with van der Waals surface area (Å²) in [5, 5.41) is 0.0498. The minimum absolute atomic E-state index is 0.0180. The first kappa shape index (κ1) is 26.1. The van der Waals surface area contributed by atoms with Crippen LogP contribution in [0, 0.1) is 0 Å². The molecule has 1 N–H and O–H groups in total. The third kappa shape index (κ3) is 6.55. The van der Waals surface area contributed by atoms with E-state index in [2.05, 4.69) is 4.72 Å². The number of carbonyl (C=O) groups excluding carboxylic acids is 1. The molecule has 1 fully saturated rings. The molecule has 12 heteroatoms. The summed E-state index contributed by atoms with van der Waals surface area (Å²) in [5.74, 6) is -0.140. The maximum Gasteiger partial charge on any atom is 0.416 e. The van der Waals surface area contributed by atoms with Gasteiger partial charge in [-0.2, -0.15) is 13.2 Å². The topological polar surface area (TPSA) is 78.9 Å². The van der Waals surface area contributed by atoms with Crippen LogP contribution in [-0.4, -0.2) is 58.1 Å². The van der Waals surface area contributed by atoms with Crippen molar-refractivity contribution in [3.8, 4) is 5.75 Å². The molecule has 0 aromatic heterocycles. The van der Waals surface area contributed by atoms with E-state index in [0.29, 0.717) is 31.9 Å². The van der Waals surface area contributed by atoms with Crippen LogP contribution in [0.4, 0.5) is 18.9 Å². The van der Waals surface area contributed by atoms with Gasteiger partial charge in [0, 0.05) is 37.9 Å². The molecule has 34 heavy (non-hydrogen) atoms. The molecule has 1 aliphatic rings. The highest BCUT2D eigenvalue weighted by molar-refractivity contribution is 7.89. The van der Waals surface area contributed by atoms with Crippen molar-refractivity contribution in [1.29, 1.82) is 0 Å². The molecule has 1 amide bonds. The second-order valence-corrected chi connectivity index (χ2v) is 10.2. The lowest BCUT2D eigenvalue weighted by Crippen LogP contribution is -2.50. The van der Waals surface area contributed by atoms with Gasteiger partial charge in [-0.05, 0) is 50.2 Å². The molecule has 3 rings (SSSR count). The van der Waals surface area contributed by atoms with Crippen molar-refractivity contribution < 1.29 is 31.1 Å². The Balaban J connectivity index is 1.55. The maximum atomic E-state index is 13.0. The lowest BCUT2D eigenvalue weighted by Gasteiger charge is -2.36. The first-order valence-corrected chi connectivity index (χ1v) is 12.4. The first-order chi connectivity index (χ1) is 15.9. The number of amides is 1. The van der Waals surface area contributed by atoms with Crippen molar-refractivity contribution in [2.45, 2.75) is 31.0 Å². The summed E-state index contributed by atoms with van der Waals surface area (Å²) in [5.41, 5.74) is -0.264. The lowest BCUT2D eigenvalue weighted by molar-refractivity contribution is -0.137. The van der Waals surface area contributed by atoms with Gasteiger partial charge in [-0.1, -0.05) is 17.7 Å². The van der Waals surface area contributed by atoms with Gasteiger partial charge in [0.15, 0.2) is 6.61 Å². The minimum atomic E-state index is -4.42. The number of halogens is 4. The van der Waals surface area contributed by atoms with E-state index in [4.69, 9.17) is 16.3 Å². The van der Waals surface area contributed by atoms with Gasteiger partial charge in [-0.3, -0.25) is 4.79 Å². The number of rotatable bonds is 7. The highest BCUT2D eigenvalue weighted by Gasteiger charge is 2.31.